The molecule has 0 radical (unpaired) electrons. The third kappa shape index (κ3) is 6.74. The molecule has 1 aliphatic rings. The van der Waals surface area contributed by atoms with E-state index in [0.29, 0.717) is 41.5 Å². The number of hydrogen-bond donors (Lipinski definition) is 3. The van der Waals surface area contributed by atoms with Gasteiger partial charge in [-0.25, -0.2) is 19.7 Å². The highest BCUT2D eigenvalue weighted by molar-refractivity contribution is 6.10. The van der Waals surface area contributed by atoms with Gasteiger partial charge in [0.1, 0.15) is 12.4 Å². The summed E-state index contributed by atoms with van der Waals surface area (Å²) in [4.78, 5) is 52.1. The first-order valence-corrected chi connectivity index (χ1v) is 12.1. The van der Waals surface area contributed by atoms with Crippen LogP contribution in [0.5, 0.6) is 0 Å². The lowest BCUT2D eigenvalue weighted by Gasteiger charge is -2.33. The summed E-state index contributed by atoms with van der Waals surface area (Å²) in [7, 11) is 0. The minimum absolute atomic E-state index is 0.326. The molecule has 2 aromatic heterocycles. The number of fused-ring (bicyclic) bond motifs is 1. The summed E-state index contributed by atoms with van der Waals surface area (Å²) in [5, 5.41) is 10.7. The van der Waals surface area contributed by atoms with Crippen LogP contribution in [0.2, 0.25) is 0 Å². The number of carboxylic acid groups (broad SMARTS) is 1. The van der Waals surface area contributed by atoms with Gasteiger partial charge in [0, 0.05) is 61.4 Å². The van der Waals surface area contributed by atoms with Crippen LogP contribution in [0.4, 0.5) is 22.2 Å². The maximum Gasteiger partial charge on any atom is 0.323 e. The van der Waals surface area contributed by atoms with E-state index >= 15 is 0 Å². The summed E-state index contributed by atoms with van der Waals surface area (Å²) < 4.78 is 0. The first-order chi connectivity index (χ1) is 18.8. The number of piperazine rings is 1. The highest BCUT2D eigenvalue weighted by Crippen LogP contribution is 2.23. The second-order valence-electron chi connectivity index (χ2n) is 8.61. The normalized spacial score (nSPS) is 12.8. The molecule has 2 aromatic carbocycles. The summed E-state index contributed by atoms with van der Waals surface area (Å²) in [5.74, 6) is -0.462. The molecule has 3 amide bonds. The molecule has 4 aromatic rings. The number of nitrogens with two attached hydrogens (primary N) is 2. The Bertz CT molecular complexity index is 1440. The SMILES string of the molecule is NC(=O)N1CCN(c2ncccn2)CC1.Nc1nccc2ccc(C(=O)N(CC(=O)O)c3ccccc3)cc12. The number of primary amides is 1. The molecular formula is C27H28N8O4. The molecule has 12 heteroatoms. The molecule has 200 valence electrons. The van der Waals surface area contributed by atoms with Gasteiger partial charge in [0.2, 0.25) is 5.95 Å². The summed E-state index contributed by atoms with van der Waals surface area (Å²) in [5.41, 5.74) is 11.9. The fraction of sp³-hybridized carbons (Fsp3) is 0.185. The van der Waals surface area contributed by atoms with Gasteiger partial charge in [0.15, 0.2) is 0 Å². The number of amides is 3. The van der Waals surface area contributed by atoms with Crippen molar-refractivity contribution in [2.75, 3.05) is 48.3 Å². The molecule has 0 aliphatic carbocycles. The predicted octanol–water partition coefficient (Wildman–Crippen LogP) is 2.23. The lowest BCUT2D eigenvalue weighted by atomic mass is 10.1. The number of urea groups is 1. The molecule has 0 unspecified atom stereocenters. The molecule has 0 spiro atoms. The number of hydrogen-bond acceptors (Lipinski definition) is 8. The van der Waals surface area contributed by atoms with Crippen molar-refractivity contribution < 1.29 is 19.5 Å². The number of aliphatic carboxylic acids is 1. The second kappa shape index (κ2) is 12.3. The molecule has 1 saturated heterocycles. The van der Waals surface area contributed by atoms with Crippen LogP contribution in [-0.2, 0) is 4.79 Å². The molecule has 5 N–H and O–H groups in total. The number of nitrogen functional groups attached to an aromatic ring is 1. The Morgan fingerprint density at radius 3 is 2.21 bits per heavy atom. The zero-order valence-electron chi connectivity index (χ0n) is 21.1. The Hall–Kier alpha value is -5.26. The van der Waals surface area contributed by atoms with Crippen LogP contribution in [0.25, 0.3) is 10.8 Å². The number of carboxylic acids is 1. The van der Waals surface area contributed by atoms with Crippen LogP contribution in [0, 0.1) is 0 Å². The minimum Gasteiger partial charge on any atom is -0.480 e. The van der Waals surface area contributed by atoms with Gasteiger partial charge >= 0.3 is 12.0 Å². The van der Waals surface area contributed by atoms with Gasteiger partial charge in [0.25, 0.3) is 5.91 Å². The Kier molecular flexibility index (Phi) is 8.46. The summed E-state index contributed by atoms with van der Waals surface area (Å²) >= 11 is 0. The van der Waals surface area contributed by atoms with Crippen LogP contribution in [0.1, 0.15) is 10.4 Å². The van der Waals surface area contributed by atoms with E-state index in [4.69, 9.17) is 16.6 Å². The van der Waals surface area contributed by atoms with Crippen molar-refractivity contribution in [3.63, 3.8) is 0 Å². The van der Waals surface area contributed by atoms with Crippen molar-refractivity contribution in [3.8, 4) is 0 Å². The largest absolute Gasteiger partial charge is 0.480 e. The highest BCUT2D eigenvalue weighted by atomic mass is 16.4. The van der Waals surface area contributed by atoms with E-state index in [2.05, 4.69) is 15.0 Å². The fourth-order valence-corrected chi connectivity index (χ4v) is 4.08. The average molecular weight is 529 g/mol. The van der Waals surface area contributed by atoms with E-state index in [1.54, 1.807) is 84.2 Å². The molecule has 12 nitrogen and oxygen atoms in total. The first kappa shape index (κ1) is 26.8. The molecule has 0 saturated carbocycles. The van der Waals surface area contributed by atoms with Gasteiger partial charge in [-0.1, -0.05) is 24.3 Å². The standard InChI is InChI=1S/C18H15N3O3.C9H13N5O/c19-17-15-10-13(7-6-12(15)8-9-20-17)18(24)21(11-16(22)23)14-4-2-1-3-5-14;10-8(15)13-4-6-14(7-5-13)9-11-2-1-3-12-9/h1-10H,11H2,(H2,19,20)(H,22,23);1-3H,4-7H2,(H2,10,15). The van der Waals surface area contributed by atoms with E-state index in [-0.39, 0.29) is 6.03 Å². The number of para-hydroxylation sites is 1. The Morgan fingerprint density at radius 1 is 0.872 bits per heavy atom. The maximum atomic E-state index is 12.8. The number of benzene rings is 2. The van der Waals surface area contributed by atoms with Crippen LogP contribution in [0.3, 0.4) is 0 Å². The minimum atomic E-state index is -1.09. The molecular weight excluding hydrogens is 500 g/mol. The van der Waals surface area contributed by atoms with Crippen molar-refractivity contribution in [1.82, 2.24) is 19.9 Å². The monoisotopic (exact) mass is 528 g/mol. The van der Waals surface area contributed by atoms with Gasteiger partial charge in [-0.2, -0.15) is 0 Å². The summed E-state index contributed by atoms with van der Waals surface area (Å²) in [6, 6.07) is 17.0. The highest BCUT2D eigenvalue weighted by Gasteiger charge is 2.21. The lowest BCUT2D eigenvalue weighted by Crippen LogP contribution is -2.50. The summed E-state index contributed by atoms with van der Waals surface area (Å²) in [6.45, 7) is 2.30. The average Bonchev–Trinajstić information content (AvgIpc) is 2.97. The van der Waals surface area contributed by atoms with Crippen molar-refractivity contribution in [2.24, 2.45) is 5.73 Å². The zero-order valence-corrected chi connectivity index (χ0v) is 21.1. The van der Waals surface area contributed by atoms with Crippen molar-refractivity contribution in [3.05, 3.63) is 84.8 Å². The molecule has 5 rings (SSSR count). The molecule has 1 aliphatic heterocycles. The third-order valence-electron chi connectivity index (χ3n) is 6.08. The lowest BCUT2D eigenvalue weighted by molar-refractivity contribution is -0.135. The quantitative estimate of drug-likeness (QED) is 0.351. The van der Waals surface area contributed by atoms with Crippen LogP contribution in [-0.4, -0.2) is 75.6 Å². The van der Waals surface area contributed by atoms with Gasteiger partial charge in [-0.3, -0.25) is 14.5 Å². The topological polar surface area (TPSA) is 172 Å². The van der Waals surface area contributed by atoms with Crippen LogP contribution < -0.4 is 21.3 Å². The fourth-order valence-electron chi connectivity index (χ4n) is 4.08. The Morgan fingerprint density at radius 2 is 1.56 bits per heavy atom. The van der Waals surface area contributed by atoms with E-state index < -0.39 is 18.4 Å². The van der Waals surface area contributed by atoms with Gasteiger partial charge < -0.3 is 26.4 Å². The number of pyridine rings is 1. The van der Waals surface area contributed by atoms with Gasteiger partial charge in [-0.05, 0) is 41.8 Å². The molecule has 0 bridgehead atoms. The Labute approximate surface area is 224 Å². The van der Waals surface area contributed by atoms with Crippen molar-refractivity contribution in [2.45, 2.75) is 0 Å². The first-order valence-electron chi connectivity index (χ1n) is 12.1. The van der Waals surface area contributed by atoms with E-state index in [1.165, 1.54) is 4.90 Å². The number of nitrogens with zero attached hydrogens (tertiary/aromatic N) is 6. The Balaban J connectivity index is 0.000000202. The number of aromatic nitrogens is 3. The zero-order chi connectivity index (χ0) is 27.8. The number of anilines is 3. The van der Waals surface area contributed by atoms with E-state index in [0.717, 1.165) is 18.5 Å². The smallest absolute Gasteiger partial charge is 0.323 e. The number of carbonyl (C=O) groups is 3. The molecule has 0 atom stereocenters. The van der Waals surface area contributed by atoms with Crippen LogP contribution in [0.15, 0.2) is 79.3 Å². The molecule has 39 heavy (non-hydrogen) atoms. The molecule has 1 fully saturated rings. The summed E-state index contributed by atoms with van der Waals surface area (Å²) in [6.07, 6.45) is 5.02. The number of rotatable bonds is 5. The second-order valence-corrected chi connectivity index (χ2v) is 8.61. The number of carbonyl (C=O) groups excluding carboxylic acids is 2. The molecule has 3 heterocycles. The maximum absolute atomic E-state index is 12.8. The van der Waals surface area contributed by atoms with Gasteiger partial charge in [-0.15, -0.1) is 0 Å². The third-order valence-corrected chi connectivity index (χ3v) is 6.08. The van der Waals surface area contributed by atoms with Crippen molar-refractivity contribution >= 4 is 46.1 Å². The van der Waals surface area contributed by atoms with Crippen molar-refractivity contribution in [1.29, 1.82) is 0 Å². The van der Waals surface area contributed by atoms with E-state index in [1.807, 2.05) is 4.90 Å². The van der Waals surface area contributed by atoms with E-state index in [9.17, 15) is 14.4 Å². The van der Waals surface area contributed by atoms with Crippen LogP contribution >= 0.6 is 0 Å². The van der Waals surface area contributed by atoms with Gasteiger partial charge in [0.05, 0.1) is 0 Å². The predicted molar refractivity (Wildman–Crippen MR) is 147 cm³/mol.